The van der Waals surface area contributed by atoms with Gasteiger partial charge in [-0.25, -0.2) is 18.2 Å². The van der Waals surface area contributed by atoms with Crippen molar-refractivity contribution in [3.63, 3.8) is 0 Å². The summed E-state index contributed by atoms with van der Waals surface area (Å²) in [5.41, 5.74) is 6.15. The van der Waals surface area contributed by atoms with Crippen LogP contribution in [0.15, 0.2) is 30.3 Å². The molecule has 2 aromatic carbocycles. The number of hydrogen-bond donors (Lipinski definition) is 1. The summed E-state index contributed by atoms with van der Waals surface area (Å²) in [5.74, 6) is -3.52. The first-order chi connectivity index (χ1) is 9.47. The lowest BCUT2D eigenvalue weighted by atomic mass is 10.2. The number of halogens is 4. The fraction of sp³-hybridized carbons (Fsp3) is 0. The fourth-order valence-corrected chi connectivity index (χ4v) is 2.19. The first-order valence-electron chi connectivity index (χ1n) is 5.56. The van der Waals surface area contributed by atoms with E-state index in [2.05, 4.69) is 4.98 Å². The normalized spacial score (nSPS) is 11.2. The Bertz CT molecular complexity index is 829. The Morgan fingerprint density at radius 2 is 1.85 bits per heavy atom. The summed E-state index contributed by atoms with van der Waals surface area (Å²) in [6.07, 6.45) is 0. The molecular formula is C13H7ClF3N3. The van der Waals surface area contributed by atoms with Gasteiger partial charge in [-0.1, -0.05) is 11.6 Å². The molecule has 3 rings (SSSR count). The molecule has 0 radical (unpaired) electrons. The van der Waals surface area contributed by atoms with Gasteiger partial charge in [0.1, 0.15) is 5.82 Å². The maximum absolute atomic E-state index is 13.9. The molecule has 20 heavy (non-hydrogen) atoms. The third-order valence-electron chi connectivity index (χ3n) is 2.86. The van der Waals surface area contributed by atoms with Gasteiger partial charge in [0.25, 0.3) is 0 Å². The maximum Gasteiger partial charge on any atom is 0.206 e. The molecular weight excluding hydrogens is 291 g/mol. The van der Waals surface area contributed by atoms with Gasteiger partial charge < -0.3 is 5.73 Å². The smallest absolute Gasteiger partial charge is 0.206 e. The highest BCUT2D eigenvalue weighted by Crippen LogP contribution is 2.28. The number of benzene rings is 2. The van der Waals surface area contributed by atoms with Crippen molar-refractivity contribution in [1.82, 2.24) is 9.55 Å². The summed E-state index contributed by atoms with van der Waals surface area (Å²) >= 11 is 5.87. The largest absolute Gasteiger partial charge is 0.369 e. The van der Waals surface area contributed by atoms with Crippen LogP contribution in [0.5, 0.6) is 0 Å². The molecule has 7 heteroatoms. The molecule has 0 unspecified atom stereocenters. The van der Waals surface area contributed by atoms with Crippen molar-refractivity contribution in [2.45, 2.75) is 0 Å². The summed E-state index contributed by atoms with van der Waals surface area (Å²) in [6.45, 7) is 0. The predicted molar refractivity (Wildman–Crippen MR) is 70.4 cm³/mol. The predicted octanol–water partition coefficient (Wildman–Crippen LogP) is 3.68. The second-order valence-corrected chi connectivity index (χ2v) is 4.60. The summed E-state index contributed by atoms with van der Waals surface area (Å²) in [6, 6.07) is 5.96. The van der Waals surface area contributed by atoms with Crippen LogP contribution in [0, 0.1) is 17.5 Å². The van der Waals surface area contributed by atoms with Crippen molar-refractivity contribution >= 4 is 28.6 Å². The van der Waals surface area contributed by atoms with Crippen molar-refractivity contribution < 1.29 is 13.2 Å². The zero-order valence-electron chi connectivity index (χ0n) is 9.87. The fourth-order valence-electron chi connectivity index (χ4n) is 2.03. The number of anilines is 1. The third kappa shape index (κ3) is 1.89. The van der Waals surface area contributed by atoms with Crippen LogP contribution in [0.2, 0.25) is 5.02 Å². The molecule has 0 aliphatic carbocycles. The molecule has 0 atom stereocenters. The molecule has 0 aliphatic heterocycles. The summed E-state index contributed by atoms with van der Waals surface area (Å²) < 4.78 is 41.6. The molecule has 1 heterocycles. The molecule has 0 fully saturated rings. The molecule has 0 spiro atoms. The molecule has 2 N–H and O–H groups in total. The SMILES string of the molecule is Nc1nc2ccc(Cl)cc2n1-c1cc(F)cc(F)c1F. The van der Waals surface area contributed by atoms with E-state index < -0.39 is 17.5 Å². The highest BCUT2D eigenvalue weighted by Gasteiger charge is 2.18. The summed E-state index contributed by atoms with van der Waals surface area (Å²) in [5, 5.41) is 0.371. The number of nitrogen functional groups attached to an aromatic ring is 1. The minimum absolute atomic E-state index is 0.0915. The Morgan fingerprint density at radius 3 is 2.60 bits per heavy atom. The molecule has 1 aromatic heterocycles. The highest BCUT2D eigenvalue weighted by atomic mass is 35.5. The van der Waals surface area contributed by atoms with Gasteiger partial charge in [0.15, 0.2) is 11.6 Å². The number of hydrogen-bond acceptors (Lipinski definition) is 2. The van der Waals surface area contributed by atoms with Gasteiger partial charge in [0, 0.05) is 17.2 Å². The lowest BCUT2D eigenvalue weighted by Crippen LogP contribution is -2.05. The monoisotopic (exact) mass is 297 g/mol. The van der Waals surface area contributed by atoms with Crippen LogP contribution in [-0.2, 0) is 0 Å². The topological polar surface area (TPSA) is 43.8 Å². The van der Waals surface area contributed by atoms with E-state index in [-0.39, 0.29) is 11.6 Å². The lowest BCUT2D eigenvalue weighted by molar-refractivity contribution is 0.491. The van der Waals surface area contributed by atoms with Crippen molar-refractivity contribution in [3.05, 3.63) is 52.8 Å². The van der Waals surface area contributed by atoms with E-state index in [1.54, 1.807) is 12.1 Å². The van der Waals surface area contributed by atoms with Crippen LogP contribution in [-0.4, -0.2) is 9.55 Å². The number of aromatic nitrogens is 2. The second-order valence-electron chi connectivity index (χ2n) is 4.16. The van der Waals surface area contributed by atoms with Gasteiger partial charge in [-0.05, 0) is 18.2 Å². The van der Waals surface area contributed by atoms with E-state index in [0.29, 0.717) is 22.1 Å². The van der Waals surface area contributed by atoms with E-state index in [4.69, 9.17) is 17.3 Å². The van der Waals surface area contributed by atoms with Gasteiger partial charge >= 0.3 is 0 Å². The standard InChI is InChI=1S/C13H7ClF3N3/c14-6-1-2-9-10(3-6)20(13(18)19-9)11-5-7(15)4-8(16)12(11)17/h1-5H,(H2,18,19). The zero-order chi connectivity index (χ0) is 14.4. The quantitative estimate of drug-likeness (QED) is 0.696. The van der Waals surface area contributed by atoms with Gasteiger partial charge in [0.2, 0.25) is 5.95 Å². The molecule has 0 saturated heterocycles. The van der Waals surface area contributed by atoms with Gasteiger partial charge in [0.05, 0.1) is 16.7 Å². The van der Waals surface area contributed by atoms with Gasteiger partial charge in [-0.15, -0.1) is 0 Å². The van der Waals surface area contributed by atoms with Crippen molar-refractivity contribution in [1.29, 1.82) is 0 Å². The molecule has 0 bridgehead atoms. The molecule has 0 amide bonds. The third-order valence-corrected chi connectivity index (χ3v) is 3.09. The Morgan fingerprint density at radius 1 is 1.10 bits per heavy atom. The van der Waals surface area contributed by atoms with Crippen LogP contribution >= 0.6 is 11.6 Å². The van der Waals surface area contributed by atoms with E-state index >= 15 is 0 Å². The zero-order valence-corrected chi connectivity index (χ0v) is 10.6. The first kappa shape index (κ1) is 12.8. The Balaban J connectivity index is 2.40. The van der Waals surface area contributed by atoms with Crippen molar-refractivity contribution in [2.75, 3.05) is 5.73 Å². The molecule has 0 saturated carbocycles. The average molecular weight is 298 g/mol. The van der Waals surface area contributed by atoms with Crippen LogP contribution in [0.1, 0.15) is 0 Å². The van der Waals surface area contributed by atoms with E-state index in [9.17, 15) is 13.2 Å². The maximum atomic E-state index is 13.9. The van der Waals surface area contributed by atoms with E-state index in [1.165, 1.54) is 6.07 Å². The number of imidazole rings is 1. The lowest BCUT2D eigenvalue weighted by Gasteiger charge is -2.08. The Labute approximate surface area is 116 Å². The van der Waals surface area contributed by atoms with Crippen LogP contribution in [0.4, 0.5) is 19.1 Å². The van der Waals surface area contributed by atoms with E-state index in [1.807, 2.05) is 0 Å². The second kappa shape index (κ2) is 4.42. The van der Waals surface area contributed by atoms with E-state index in [0.717, 1.165) is 10.6 Å². The number of nitrogens with two attached hydrogens (primary N) is 1. The molecule has 3 aromatic rings. The van der Waals surface area contributed by atoms with Gasteiger partial charge in [-0.2, -0.15) is 0 Å². The minimum Gasteiger partial charge on any atom is -0.369 e. The van der Waals surface area contributed by atoms with Crippen LogP contribution in [0.25, 0.3) is 16.7 Å². The van der Waals surface area contributed by atoms with Crippen LogP contribution < -0.4 is 5.73 Å². The Hall–Kier alpha value is -2.21. The first-order valence-corrected chi connectivity index (χ1v) is 5.93. The Kier molecular flexibility index (Phi) is 2.83. The van der Waals surface area contributed by atoms with Crippen LogP contribution in [0.3, 0.4) is 0 Å². The molecule has 102 valence electrons. The number of rotatable bonds is 1. The number of nitrogens with zero attached hydrogens (tertiary/aromatic N) is 2. The van der Waals surface area contributed by atoms with Gasteiger partial charge in [-0.3, -0.25) is 4.57 Å². The molecule has 0 aliphatic rings. The van der Waals surface area contributed by atoms with Crippen molar-refractivity contribution in [3.8, 4) is 5.69 Å². The number of fused-ring (bicyclic) bond motifs is 1. The summed E-state index contributed by atoms with van der Waals surface area (Å²) in [4.78, 5) is 4.00. The minimum atomic E-state index is -1.30. The average Bonchev–Trinajstić information content (AvgIpc) is 2.69. The van der Waals surface area contributed by atoms with Crippen molar-refractivity contribution in [2.24, 2.45) is 0 Å². The molecule has 3 nitrogen and oxygen atoms in total. The highest BCUT2D eigenvalue weighted by molar-refractivity contribution is 6.31. The summed E-state index contributed by atoms with van der Waals surface area (Å²) in [7, 11) is 0.